The predicted octanol–water partition coefficient (Wildman–Crippen LogP) is 2.20. The van der Waals surface area contributed by atoms with Crippen LogP contribution in [0.4, 0.5) is 0 Å². The van der Waals surface area contributed by atoms with Crippen molar-refractivity contribution in [3.8, 4) is 5.75 Å². The highest BCUT2D eigenvalue weighted by Crippen LogP contribution is 2.26. The van der Waals surface area contributed by atoms with Crippen LogP contribution in [0, 0.1) is 6.92 Å². The number of aromatic hydroxyl groups is 1. The van der Waals surface area contributed by atoms with Crippen LogP contribution in [0.25, 0.3) is 0 Å². The topological polar surface area (TPSA) is 72.8 Å². The zero-order chi connectivity index (χ0) is 17.1. The minimum atomic E-state index is -0.202. The molecule has 5 heteroatoms. The minimum Gasteiger partial charge on any atom is -0.507 e. The van der Waals surface area contributed by atoms with Crippen LogP contribution >= 0.6 is 0 Å². The van der Waals surface area contributed by atoms with Crippen molar-refractivity contribution in [2.45, 2.75) is 63.6 Å². The molecule has 3 rings (SSSR count). The summed E-state index contributed by atoms with van der Waals surface area (Å²) in [6.07, 6.45) is 5.90. The van der Waals surface area contributed by atoms with Crippen LogP contribution < -0.4 is 5.32 Å². The van der Waals surface area contributed by atoms with Gasteiger partial charge in [0, 0.05) is 25.2 Å². The third kappa shape index (κ3) is 3.73. The van der Waals surface area contributed by atoms with Crippen molar-refractivity contribution in [1.29, 1.82) is 0 Å². The molecule has 1 saturated carbocycles. The molecule has 2 aliphatic rings. The van der Waals surface area contributed by atoms with Crippen LogP contribution in [0.15, 0.2) is 18.2 Å². The first-order valence-corrected chi connectivity index (χ1v) is 9.08. The molecule has 5 nitrogen and oxygen atoms in total. The van der Waals surface area contributed by atoms with Gasteiger partial charge >= 0.3 is 0 Å². The number of piperidine rings is 1. The number of carbonyl (C=O) groups is 1. The summed E-state index contributed by atoms with van der Waals surface area (Å²) in [5.41, 5.74) is 1.06. The molecule has 0 bridgehead atoms. The fourth-order valence-electron chi connectivity index (χ4n) is 4.00. The number of rotatable bonds is 3. The van der Waals surface area contributed by atoms with Crippen LogP contribution in [-0.2, 0) is 0 Å². The molecule has 132 valence electrons. The van der Waals surface area contributed by atoms with Crippen molar-refractivity contribution in [3.63, 3.8) is 0 Å². The van der Waals surface area contributed by atoms with Gasteiger partial charge < -0.3 is 15.5 Å². The number of carbonyl (C=O) groups excluding carboxylic acids is 1. The van der Waals surface area contributed by atoms with Gasteiger partial charge in [-0.3, -0.25) is 9.69 Å². The van der Waals surface area contributed by atoms with Gasteiger partial charge in [-0.25, -0.2) is 0 Å². The van der Waals surface area contributed by atoms with E-state index in [4.69, 9.17) is 0 Å². The molecule has 0 aromatic heterocycles. The molecule has 24 heavy (non-hydrogen) atoms. The predicted molar refractivity (Wildman–Crippen MR) is 93.2 cm³/mol. The molecule has 0 radical (unpaired) electrons. The van der Waals surface area contributed by atoms with Gasteiger partial charge in [0.05, 0.1) is 11.7 Å². The van der Waals surface area contributed by atoms with Gasteiger partial charge in [0.25, 0.3) is 5.91 Å². The third-order valence-electron chi connectivity index (χ3n) is 5.51. The van der Waals surface area contributed by atoms with E-state index < -0.39 is 0 Å². The van der Waals surface area contributed by atoms with Crippen LogP contribution in [0.2, 0.25) is 0 Å². The lowest BCUT2D eigenvalue weighted by Gasteiger charge is -2.41. The number of hydrogen-bond acceptors (Lipinski definition) is 4. The Labute approximate surface area is 143 Å². The molecule has 1 aromatic rings. The van der Waals surface area contributed by atoms with E-state index in [2.05, 4.69) is 10.2 Å². The van der Waals surface area contributed by atoms with E-state index in [9.17, 15) is 15.0 Å². The van der Waals surface area contributed by atoms with E-state index >= 15 is 0 Å². The van der Waals surface area contributed by atoms with Gasteiger partial charge in [0.15, 0.2) is 0 Å². The SMILES string of the molecule is Cc1cccc(C(=O)NC2CCN(C3CCCCC3O)CC2)c1O. The zero-order valence-corrected chi connectivity index (χ0v) is 14.4. The number of nitrogens with zero attached hydrogens (tertiary/aromatic N) is 1. The molecule has 2 atom stereocenters. The van der Waals surface area contributed by atoms with Crippen LogP contribution in [-0.4, -0.2) is 52.3 Å². The maximum absolute atomic E-state index is 12.4. The van der Waals surface area contributed by atoms with Gasteiger partial charge in [0.2, 0.25) is 0 Å². The Kier molecular flexibility index (Phi) is 5.41. The van der Waals surface area contributed by atoms with Gasteiger partial charge in [-0.2, -0.15) is 0 Å². The second-order valence-corrected chi connectivity index (χ2v) is 7.17. The quantitative estimate of drug-likeness (QED) is 0.793. The minimum absolute atomic E-state index is 0.0674. The Hall–Kier alpha value is -1.59. The number of hydrogen-bond donors (Lipinski definition) is 3. The third-order valence-corrected chi connectivity index (χ3v) is 5.51. The van der Waals surface area contributed by atoms with Crippen LogP contribution in [0.5, 0.6) is 5.75 Å². The van der Waals surface area contributed by atoms with E-state index in [1.54, 1.807) is 25.1 Å². The lowest BCUT2D eigenvalue weighted by Crippen LogP contribution is -2.52. The second-order valence-electron chi connectivity index (χ2n) is 7.17. The lowest BCUT2D eigenvalue weighted by atomic mass is 9.89. The average molecular weight is 332 g/mol. The Morgan fingerprint density at radius 2 is 1.88 bits per heavy atom. The number of nitrogens with one attached hydrogen (secondary N) is 1. The number of aliphatic hydroxyl groups excluding tert-OH is 1. The standard InChI is InChI=1S/C19H28N2O3/c1-13-5-4-6-15(18(13)23)19(24)20-14-9-11-21(12-10-14)16-7-2-3-8-17(16)22/h4-6,14,16-17,22-23H,2-3,7-12H2,1H3,(H,20,24). The maximum atomic E-state index is 12.4. The largest absolute Gasteiger partial charge is 0.507 e. The van der Waals surface area contributed by atoms with E-state index in [1.165, 1.54) is 6.42 Å². The van der Waals surface area contributed by atoms with Crippen LogP contribution in [0.3, 0.4) is 0 Å². The fraction of sp³-hybridized carbons (Fsp3) is 0.632. The van der Waals surface area contributed by atoms with E-state index in [0.29, 0.717) is 11.1 Å². The number of likely N-dealkylation sites (tertiary alicyclic amines) is 1. The number of aliphatic hydroxyl groups is 1. The molecule has 1 amide bonds. The number of phenols is 1. The van der Waals surface area contributed by atoms with E-state index in [1.807, 2.05) is 0 Å². The van der Waals surface area contributed by atoms with Gasteiger partial charge in [-0.15, -0.1) is 0 Å². The second kappa shape index (κ2) is 7.53. The van der Waals surface area contributed by atoms with Crippen molar-refractivity contribution in [2.24, 2.45) is 0 Å². The summed E-state index contributed by atoms with van der Waals surface area (Å²) in [7, 11) is 0. The van der Waals surface area contributed by atoms with Gasteiger partial charge in [-0.05, 0) is 44.2 Å². The number of benzene rings is 1. The van der Waals surface area contributed by atoms with Crippen molar-refractivity contribution >= 4 is 5.91 Å². The molecule has 1 aromatic carbocycles. The molecule has 1 saturated heterocycles. The van der Waals surface area contributed by atoms with E-state index in [0.717, 1.165) is 45.2 Å². The first-order chi connectivity index (χ1) is 11.6. The van der Waals surface area contributed by atoms with Gasteiger partial charge in [0.1, 0.15) is 5.75 Å². The Balaban J connectivity index is 1.53. The molecular weight excluding hydrogens is 304 g/mol. The molecule has 1 aliphatic carbocycles. The molecular formula is C19H28N2O3. The lowest BCUT2D eigenvalue weighted by molar-refractivity contribution is 0.00727. The van der Waals surface area contributed by atoms with Crippen LogP contribution in [0.1, 0.15) is 54.4 Å². The molecule has 3 N–H and O–H groups in total. The average Bonchev–Trinajstić information content (AvgIpc) is 2.58. The Morgan fingerprint density at radius 1 is 1.17 bits per heavy atom. The highest BCUT2D eigenvalue weighted by atomic mass is 16.3. The highest BCUT2D eigenvalue weighted by Gasteiger charge is 2.31. The maximum Gasteiger partial charge on any atom is 0.255 e. The summed E-state index contributed by atoms with van der Waals surface area (Å²) >= 11 is 0. The number of phenolic OH excluding ortho intramolecular Hbond substituents is 1. The van der Waals surface area contributed by atoms with Crippen molar-refractivity contribution in [2.75, 3.05) is 13.1 Å². The molecule has 2 fully saturated rings. The monoisotopic (exact) mass is 332 g/mol. The normalized spacial score (nSPS) is 26.2. The summed E-state index contributed by atoms with van der Waals surface area (Å²) in [5.74, 6) is -0.134. The highest BCUT2D eigenvalue weighted by molar-refractivity contribution is 5.97. The van der Waals surface area contributed by atoms with Gasteiger partial charge in [-0.1, -0.05) is 25.0 Å². The summed E-state index contributed by atoms with van der Waals surface area (Å²) in [6.45, 7) is 3.61. The summed E-state index contributed by atoms with van der Waals surface area (Å²) in [5, 5.41) is 23.3. The first kappa shape index (κ1) is 17.2. The molecule has 2 unspecified atom stereocenters. The smallest absolute Gasteiger partial charge is 0.255 e. The summed E-state index contributed by atoms with van der Waals surface area (Å²) < 4.78 is 0. The van der Waals surface area contributed by atoms with Crippen molar-refractivity contribution in [1.82, 2.24) is 10.2 Å². The Bertz CT molecular complexity index is 582. The number of aryl methyl sites for hydroxylation is 1. The van der Waals surface area contributed by atoms with Crippen molar-refractivity contribution < 1.29 is 15.0 Å². The Morgan fingerprint density at radius 3 is 2.58 bits per heavy atom. The molecule has 1 heterocycles. The first-order valence-electron chi connectivity index (χ1n) is 9.08. The molecule has 0 spiro atoms. The zero-order valence-electron chi connectivity index (χ0n) is 14.4. The summed E-state index contributed by atoms with van der Waals surface area (Å²) in [6, 6.07) is 5.66. The number of amides is 1. The summed E-state index contributed by atoms with van der Waals surface area (Å²) in [4.78, 5) is 14.8. The fourth-order valence-corrected chi connectivity index (χ4v) is 4.00. The molecule has 1 aliphatic heterocycles. The number of para-hydroxylation sites is 1. The van der Waals surface area contributed by atoms with Crippen molar-refractivity contribution in [3.05, 3.63) is 29.3 Å². The van der Waals surface area contributed by atoms with E-state index in [-0.39, 0.29) is 29.8 Å².